The van der Waals surface area contributed by atoms with Crippen LogP contribution in [0.3, 0.4) is 0 Å². The lowest BCUT2D eigenvalue weighted by Gasteiger charge is -2.28. The molecule has 2 heterocycles. The van der Waals surface area contributed by atoms with Gasteiger partial charge in [-0.25, -0.2) is 0 Å². The number of nitrogens with zero attached hydrogens (tertiary/aromatic N) is 2. The van der Waals surface area contributed by atoms with Crippen LogP contribution in [0.25, 0.3) is 11.5 Å². The molecule has 1 aliphatic heterocycles. The van der Waals surface area contributed by atoms with Crippen LogP contribution >= 0.6 is 12.2 Å². The summed E-state index contributed by atoms with van der Waals surface area (Å²) in [7, 11) is 1.65. The van der Waals surface area contributed by atoms with Crippen molar-refractivity contribution in [1.82, 2.24) is 9.78 Å². The van der Waals surface area contributed by atoms with Crippen molar-refractivity contribution in [3.05, 3.63) is 65.0 Å². The van der Waals surface area contributed by atoms with Gasteiger partial charge in [-0.2, -0.15) is 4.68 Å². The Morgan fingerprint density at radius 2 is 1.82 bits per heavy atom. The predicted octanol–water partition coefficient (Wildman–Crippen LogP) is 3.38. The molecule has 0 aliphatic carbocycles. The third-order valence-electron chi connectivity index (χ3n) is 5.50. The molecule has 4 rings (SSSR count). The quantitative estimate of drug-likeness (QED) is 0.649. The average Bonchev–Trinajstić information content (AvgIpc) is 3.10. The molecule has 1 aromatic heterocycles. The van der Waals surface area contributed by atoms with E-state index in [9.17, 15) is 0 Å². The summed E-state index contributed by atoms with van der Waals surface area (Å²) in [5, 5.41) is 4.60. The summed E-state index contributed by atoms with van der Waals surface area (Å²) in [6.07, 6.45) is 3.65. The van der Waals surface area contributed by atoms with Crippen molar-refractivity contribution in [3.8, 4) is 17.2 Å². The number of quaternary nitrogens is 1. The molecule has 1 saturated heterocycles. The van der Waals surface area contributed by atoms with Gasteiger partial charge in [-0.15, -0.1) is 5.10 Å². The number of aromatic nitrogens is 2. The third-order valence-corrected chi connectivity index (χ3v) is 5.79. The number of likely N-dealkylation sites (tertiary alicyclic amines) is 1. The maximum atomic E-state index is 5.73. The third kappa shape index (κ3) is 4.51. The summed E-state index contributed by atoms with van der Waals surface area (Å²) in [6.45, 7) is 3.05. The van der Waals surface area contributed by atoms with Crippen LogP contribution in [0, 0.1) is 10.8 Å². The Morgan fingerprint density at radius 3 is 2.50 bits per heavy atom. The first kappa shape index (κ1) is 18.9. The monoisotopic (exact) mass is 396 g/mol. The summed E-state index contributed by atoms with van der Waals surface area (Å²) in [6, 6.07) is 18.5. The van der Waals surface area contributed by atoms with Gasteiger partial charge in [0.15, 0.2) is 6.67 Å². The van der Waals surface area contributed by atoms with Crippen molar-refractivity contribution in [2.24, 2.45) is 5.92 Å². The zero-order chi connectivity index (χ0) is 19.3. The van der Waals surface area contributed by atoms with Crippen LogP contribution in [0.15, 0.2) is 59.0 Å². The minimum atomic E-state index is 0.435. The second-order valence-corrected chi connectivity index (χ2v) is 7.79. The summed E-state index contributed by atoms with van der Waals surface area (Å²) < 4.78 is 12.7. The van der Waals surface area contributed by atoms with Crippen molar-refractivity contribution in [2.45, 2.75) is 25.9 Å². The van der Waals surface area contributed by atoms with Gasteiger partial charge in [0.05, 0.1) is 20.2 Å². The van der Waals surface area contributed by atoms with E-state index in [1.54, 1.807) is 7.11 Å². The van der Waals surface area contributed by atoms with E-state index >= 15 is 0 Å². The highest BCUT2D eigenvalue weighted by atomic mass is 32.1. The minimum Gasteiger partial charge on any atom is -0.497 e. The van der Waals surface area contributed by atoms with Crippen molar-refractivity contribution in [2.75, 3.05) is 20.2 Å². The fourth-order valence-corrected chi connectivity index (χ4v) is 4.05. The zero-order valence-electron chi connectivity index (χ0n) is 16.1. The molecule has 0 saturated carbocycles. The SMILES string of the molecule is COc1ccc(-c2nn(C[NH+]3CCC(Cc4ccccc4)CC3)c(=S)o2)cc1. The average molecular weight is 397 g/mol. The van der Waals surface area contributed by atoms with Crippen molar-refractivity contribution in [3.63, 3.8) is 0 Å². The summed E-state index contributed by atoms with van der Waals surface area (Å²) in [5.41, 5.74) is 2.35. The van der Waals surface area contributed by atoms with E-state index in [1.165, 1.54) is 29.7 Å². The molecular formula is C22H26N3O2S+. The lowest BCUT2D eigenvalue weighted by Crippen LogP contribution is -3.12. The number of methoxy groups -OCH3 is 1. The maximum Gasteiger partial charge on any atom is 0.292 e. The van der Waals surface area contributed by atoms with Crippen LogP contribution in [-0.4, -0.2) is 30.0 Å². The Hall–Kier alpha value is -2.44. The van der Waals surface area contributed by atoms with E-state index in [0.717, 1.165) is 37.0 Å². The highest BCUT2D eigenvalue weighted by Gasteiger charge is 2.23. The molecule has 1 aliphatic rings. The van der Waals surface area contributed by atoms with Gasteiger partial charge in [-0.3, -0.25) is 0 Å². The topological polar surface area (TPSA) is 44.6 Å². The van der Waals surface area contributed by atoms with Gasteiger partial charge in [0.1, 0.15) is 5.75 Å². The van der Waals surface area contributed by atoms with Gasteiger partial charge >= 0.3 is 0 Å². The summed E-state index contributed by atoms with van der Waals surface area (Å²) in [5.74, 6) is 2.14. The van der Waals surface area contributed by atoms with E-state index in [1.807, 2.05) is 28.9 Å². The van der Waals surface area contributed by atoms with E-state index in [2.05, 4.69) is 35.4 Å². The molecule has 2 aromatic carbocycles. The van der Waals surface area contributed by atoms with E-state index in [0.29, 0.717) is 10.7 Å². The molecular weight excluding hydrogens is 370 g/mol. The van der Waals surface area contributed by atoms with Gasteiger partial charge in [-0.1, -0.05) is 30.3 Å². The Kier molecular flexibility index (Phi) is 5.88. The van der Waals surface area contributed by atoms with Crippen LogP contribution in [0.1, 0.15) is 18.4 Å². The number of nitrogens with one attached hydrogen (secondary N) is 1. The fraction of sp³-hybridized carbons (Fsp3) is 0.364. The maximum absolute atomic E-state index is 5.73. The first-order chi connectivity index (χ1) is 13.7. The Balaban J connectivity index is 1.35. The first-order valence-electron chi connectivity index (χ1n) is 9.81. The van der Waals surface area contributed by atoms with Crippen molar-refractivity contribution >= 4 is 12.2 Å². The van der Waals surface area contributed by atoms with Gasteiger partial charge in [-0.05, 0) is 67.2 Å². The molecule has 0 unspecified atom stereocenters. The van der Waals surface area contributed by atoms with Gasteiger partial charge in [0.2, 0.25) is 5.89 Å². The Labute approximate surface area is 170 Å². The minimum absolute atomic E-state index is 0.435. The van der Waals surface area contributed by atoms with Gasteiger partial charge < -0.3 is 14.1 Å². The second-order valence-electron chi connectivity index (χ2n) is 7.44. The number of rotatable bonds is 6. The molecule has 6 heteroatoms. The van der Waals surface area contributed by atoms with E-state index < -0.39 is 0 Å². The number of hydrogen-bond acceptors (Lipinski definition) is 4. The van der Waals surface area contributed by atoms with E-state index in [-0.39, 0.29) is 0 Å². The normalized spacial score (nSPS) is 19.5. The smallest absolute Gasteiger partial charge is 0.292 e. The highest BCUT2D eigenvalue weighted by molar-refractivity contribution is 7.71. The lowest BCUT2D eigenvalue weighted by atomic mass is 9.90. The van der Waals surface area contributed by atoms with Gasteiger partial charge in [0.25, 0.3) is 4.84 Å². The molecule has 5 nitrogen and oxygen atoms in total. The molecule has 0 atom stereocenters. The number of ether oxygens (including phenoxy) is 1. The standard InChI is InChI=1S/C22H25N3O2S/c1-26-20-9-7-19(8-10-20)21-23-25(22(28)27-21)16-24-13-11-18(12-14-24)15-17-5-3-2-4-6-17/h2-10,18H,11-16H2,1H3/p+1. The van der Waals surface area contributed by atoms with E-state index in [4.69, 9.17) is 21.4 Å². The predicted molar refractivity (Wildman–Crippen MR) is 111 cm³/mol. The Morgan fingerprint density at radius 1 is 1.11 bits per heavy atom. The molecule has 0 amide bonds. The van der Waals surface area contributed by atoms with Gasteiger partial charge in [0, 0.05) is 5.56 Å². The van der Waals surface area contributed by atoms with Crippen LogP contribution < -0.4 is 9.64 Å². The molecule has 1 fully saturated rings. The zero-order valence-corrected chi connectivity index (χ0v) is 17.0. The second kappa shape index (κ2) is 8.71. The number of piperidine rings is 1. The largest absolute Gasteiger partial charge is 0.497 e. The molecule has 3 aromatic rings. The molecule has 0 radical (unpaired) electrons. The highest BCUT2D eigenvalue weighted by Crippen LogP contribution is 2.21. The lowest BCUT2D eigenvalue weighted by molar-refractivity contribution is -0.929. The first-order valence-corrected chi connectivity index (χ1v) is 10.2. The molecule has 1 N–H and O–H groups in total. The van der Waals surface area contributed by atoms with Crippen LogP contribution in [0.2, 0.25) is 0 Å². The van der Waals surface area contributed by atoms with Crippen molar-refractivity contribution < 1.29 is 14.1 Å². The number of benzene rings is 2. The summed E-state index contributed by atoms with van der Waals surface area (Å²) >= 11 is 5.40. The van der Waals surface area contributed by atoms with Crippen LogP contribution in [0.5, 0.6) is 5.75 Å². The number of hydrogen-bond donors (Lipinski definition) is 1. The molecule has 0 spiro atoms. The van der Waals surface area contributed by atoms with Crippen LogP contribution in [0.4, 0.5) is 0 Å². The summed E-state index contributed by atoms with van der Waals surface area (Å²) in [4.78, 5) is 1.94. The van der Waals surface area contributed by atoms with Crippen LogP contribution in [-0.2, 0) is 13.1 Å². The van der Waals surface area contributed by atoms with Crippen molar-refractivity contribution in [1.29, 1.82) is 0 Å². The molecule has 146 valence electrons. The molecule has 0 bridgehead atoms. The molecule has 28 heavy (non-hydrogen) atoms. The fourth-order valence-electron chi connectivity index (χ4n) is 3.86. The Bertz CT molecular complexity index is 942.